The summed E-state index contributed by atoms with van der Waals surface area (Å²) in [6.45, 7) is -24.0. The SMILES string of the molecule is O=[P+]1OOOOOP1(=O)P1(=O)OOOOOP1(=O)P1(=O)OOOOO[PH]1=O.[Fe].[Fe].[Fe].[Fe]. The molecule has 0 aromatic rings. The minimum atomic E-state index is -6.17. The fourth-order valence-corrected chi connectivity index (χ4v) is 39.9. The van der Waals surface area contributed by atoms with Crippen LogP contribution in [0.3, 0.4) is 0 Å². The second kappa shape index (κ2) is 14.5. The molecule has 6 atom stereocenters. The minimum Gasteiger partial charge on any atom is -0.282 e. The molecular weight excluding hydrogens is 745 g/mol. The van der Waals surface area contributed by atoms with Gasteiger partial charge in [-0.2, -0.15) is 0 Å². The van der Waals surface area contributed by atoms with Gasteiger partial charge in [0.1, 0.15) is 0 Å². The molecule has 0 aliphatic carbocycles. The van der Waals surface area contributed by atoms with E-state index in [1.165, 1.54) is 0 Å². The molecule has 0 N–H and O–H groups in total. The van der Waals surface area contributed by atoms with Crippen molar-refractivity contribution in [1.29, 1.82) is 0 Å². The number of hydrogen-bond acceptors (Lipinski definition) is 21. The van der Waals surface area contributed by atoms with Gasteiger partial charge in [-0.05, 0) is 44.9 Å². The first-order chi connectivity index (χ1) is 12.7. The molecule has 3 heterocycles. The molecular formula is HFe4O21P6+. The maximum absolute atomic E-state index is 13.2. The average molecular weight is 746 g/mol. The van der Waals surface area contributed by atoms with E-state index in [4.69, 9.17) is 0 Å². The second-order valence-corrected chi connectivity index (χ2v) is 28.3. The molecule has 0 saturated carbocycles. The van der Waals surface area contributed by atoms with E-state index >= 15 is 0 Å². The third-order valence-corrected chi connectivity index (χ3v) is 36.8. The fraction of sp³-hybridized carbons (Fsp3) is 0. The van der Waals surface area contributed by atoms with Crippen LogP contribution in [0.5, 0.6) is 0 Å². The molecule has 6 unspecified atom stereocenters. The van der Waals surface area contributed by atoms with Crippen LogP contribution >= 0.6 is 42.4 Å². The van der Waals surface area contributed by atoms with Gasteiger partial charge in [0.15, 0.2) is 0 Å². The van der Waals surface area contributed by atoms with Crippen LogP contribution in [0.25, 0.3) is 0 Å². The van der Waals surface area contributed by atoms with Crippen molar-refractivity contribution in [3.05, 3.63) is 0 Å². The first kappa shape index (κ1) is 35.9. The quantitative estimate of drug-likeness (QED) is 0.224. The molecule has 0 bridgehead atoms. The van der Waals surface area contributed by atoms with E-state index in [9.17, 15) is 27.4 Å². The Hall–Kier alpha value is 2.73. The summed E-state index contributed by atoms with van der Waals surface area (Å²) < 4.78 is 99.7. The zero-order valence-corrected chi connectivity index (χ0v) is 22.6. The van der Waals surface area contributed by atoms with Gasteiger partial charge in [-0.15, -0.1) is 18.7 Å². The molecule has 3 aliphatic heterocycles. The summed E-state index contributed by atoms with van der Waals surface area (Å²) in [6.07, 6.45) is 0. The summed E-state index contributed by atoms with van der Waals surface area (Å²) in [6, 6.07) is 0. The van der Waals surface area contributed by atoms with Gasteiger partial charge >= 0.3 is 42.4 Å². The van der Waals surface area contributed by atoms with Gasteiger partial charge in [-0.25, -0.2) is 4.57 Å². The van der Waals surface area contributed by atoms with Crippen molar-refractivity contribution in [2.24, 2.45) is 0 Å². The summed E-state index contributed by atoms with van der Waals surface area (Å²) in [5.74, 6) is 0. The van der Waals surface area contributed by atoms with Crippen LogP contribution in [0.4, 0.5) is 0 Å². The number of rotatable bonds is 2. The molecule has 31 heteroatoms. The zero-order valence-electron chi connectivity index (χ0n) is 12.7. The van der Waals surface area contributed by atoms with E-state index in [2.05, 4.69) is 73.4 Å². The van der Waals surface area contributed by atoms with Crippen LogP contribution in [0.1, 0.15) is 0 Å². The van der Waals surface area contributed by atoms with Crippen LogP contribution in [-0.4, -0.2) is 0 Å². The van der Waals surface area contributed by atoms with E-state index in [-0.39, 0.29) is 68.3 Å². The molecule has 21 nitrogen and oxygen atoms in total. The second-order valence-electron chi connectivity index (χ2n) is 3.56. The van der Waals surface area contributed by atoms with Crippen molar-refractivity contribution in [2.75, 3.05) is 0 Å². The normalized spacial score (nSPS) is 42.6. The fourth-order valence-electron chi connectivity index (χ4n) is 1.21. The monoisotopic (exact) mass is 746 g/mol. The maximum atomic E-state index is 13.2. The van der Waals surface area contributed by atoms with Crippen LogP contribution in [-0.2, 0) is 169 Å². The van der Waals surface area contributed by atoms with Gasteiger partial charge in [0.2, 0.25) is 0 Å². The predicted octanol–water partition coefficient (Wildman–Crippen LogP) is 3.15. The molecule has 0 spiro atoms. The zero-order chi connectivity index (χ0) is 19.8. The Morgan fingerprint density at radius 1 is 0.581 bits per heavy atom. The summed E-state index contributed by atoms with van der Waals surface area (Å²) in [4.78, 5) is 0. The van der Waals surface area contributed by atoms with E-state index in [1.807, 2.05) is 0 Å². The molecule has 188 valence electrons. The van der Waals surface area contributed by atoms with Gasteiger partial charge in [0, 0.05) is 73.3 Å². The third-order valence-electron chi connectivity index (χ3n) is 2.29. The largest absolute Gasteiger partial charge is 0.636 e. The molecule has 31 heavy (non-hydrogen) atoms. The molecule has 3 aliphatic rings. The Bertz CT molecular complexity index is 753. The van der Waals surface area contributed by atoms with Gasteiger partial charge in [0.25, 0.3) is 0 Å². The van der Waals surface area contributed by atoms with Crippen molar-refractivity contribution in [1.82, 2.24) is 0 Å². The third kappa shape index (κ3) is 6.36. The van der Waals surface area contributed by atoms with Crippen LogP contribution in [0.2, 0.25) is 0 Å². The average Bonchev–Trinajstić information content (AvgIpc) is 2.99. The Morgan fingerprint density at radius 2 is 1.06 bits per heavy atom. The van der Waals surface area contributed by atoms with Gasteiger partial charge in [-0.1, -0.05) is 4.67 Å². The molecule has 3 saturated heterocycles. The van der Waals surface area contributed by atoms with Gasteiger partial charge < -0.3 is 0 Å². The topological polar surface area (TPSA) is 241 Å². The number of hydrogen-bond donors (Lipinski definition) is 0. The first-order valence-corrected chi connectivity index (χ1v) is 17.9. The van der Waals surface area contributed by atoms with E-state index < -0.39 is 42.4 Å². The van der Waals surface area contributed by atoms with Crippen molar-refractivity contribution < 1.29 is 169 Å². The summed E-state index contributed by atoms with van der Waals surface area (Å²) in [5, 5.41) is 32.4. The standard InChI is InChI=1S/4Fe.HO21P6/c;;;;1-22-16-10-7-12-18-24(22,3)26(5)20-14-9-15-21-27(26,6)25(4)19-13-8-11-17-23(25)2/h;;;;22H/q;;;;+1. The van der Waals surface area contributed by atoms with Gasteiger partial charge in [-0.3, -0.25) is 18.3 Å². The van der Waals surface area contributed by atoms with Crippen molar-refractivity contribution in [2.45, 2.75) is 0 Å². The summed E-state index contributed by atoms with van der Waals surface area (Å²) in [5.41, 5.74) is 0. The van der Waals surface area contributed by atoms with Crippen molar-refractivity contribution in [3.63, 3.8) is 0 Å². The van der Waals surface area contributed by atoms with E-state index in [1.54, 1.807) is 0 Å². The molecule has 3 fully saturated rings. The molecule has 3 rings (SSSR count). The molecule has 0 amide bonds. The Balaban J connectivity index is 0. The predicted molar refractivity (Wildman–Crippen MR) is 63.3 cm³/mol. The molecule has 0 radical (unpaired) electrons. The Labute approximate surface area is 210 Å². The minimum absolute atomic E-state index is 0. The van der Waals surface area contributed by atoms with Crippen molar-refractivity contribution in [3.8, 4) is 0 Å². The van der Waals surface area contributed by atoms with E-state index in [0.717, 1.165) is 0 Å². The summed E-state index contributed by atoms with van der Waals surface area (Å²) in [7, 11) is -8.44. The Morgan fingerprint density at radius 3 is 1.71 bits per heavy atom. The van der Waals surface area contributed by atoms with Crippen molar-refractivity contribution >= 4 is 42.4 Å². The van der Waals surface area contributed by atoms with Crippen LogP contribution in [0, 0.1) is 0 Å². The maximum Gasteiger partial charge on any atom is 0.636 e. The smallest absolute Gasteiger partial charge is 0.282 e. The molecule has 0 aromatic carbocycles. The van der Waals surface area contributed by atoms with Crippen LogP contribution < -0.4 is 0 Å². The first-order valence-electron chi connectivity index (χ1n) is 5.26. The van der Waals surface area contributed by atoms with Crippen LogP contribution in [0.15, 0.2) is 0 Å². The van der Waals surface area contributed by atoms with Gasteiger partial charge in [0.05, 0.1) is 4.67 Å². The Kier molecular flexibility index (Phi) is 16.7. The molecule has 0 aromatic heterocycles. The summed E-state index contributed by atoms with van der Waals surface area (Å²) >= 11 is 0. The van der Waals surface area contributed by atoms with E-state index in [0.29, 0.717) is 0 Å².